The Balaban J connectivity index is 1.78. The predicted octanol–water partition coefficient (Wildman–Crippen LogP) is 3.33. The van der Waals surface area contributed by atoms with Crippen molar-refractivity contribution in [3.8, 4) is 0 Å². The molecule has 3 N–H and O–H groups in total. The van der Waals surface area contributed by atoms with Gasteiger partial charge in [0.25, 0.3) is 0 Å². The Bertz CT molecular complexity index is 992. The smallest absolute Gasteiger partial charge is 0.228 e. The normalized spacial score (nSPS) is 17.9. The molecule has 0 bridgehead atoms. The quantitative estimate of drug-likeness (QED) is 0.644. The number of benzene rings is 1. The summed E-state index contributed by atoms with van der Waals surface area (Å²) in [6, 6.07) is 7.10. The minimum Gasteiger partial charge on any atom is -0.335 e. The Labute approximate surface area is 163 Å². The van der Waals surface area contributed by atoms with Crippen LogP contribution in [0.2, 0.25) is 0 Å². The summed E-state index contributed by atoms with van der Waals surface area (Å²) >= 11 is 0. The molecule has 148 valence electrons. The molecule has 1 saturated heterocycles. The van der Waals surface area contributed by atoms with Gasteiger partial charge < -0.3 is 15.5 Å². The summed E-state index contributed by atoms with van der Waals surface area (Å²) in [5.74, 6) is 1.37. The highest BCUT2D eigenvalue weighted by molar-refractivity contribution is 5.92. The molecule has 8 heteroatoms. The van der Waals surface area contributed by atoms with Gasteiger partial charge >= 0.3 is 0 Å². The molecular formula is C20H26FN7. The van der Waals surface area contributed by atoms with E-state index in [0.29, 0.717) is 28.5 Å². The average molecular weight is 383 g/mol. The first-order valence-corrected chi connectivity index (χ1v) is 9.59. The molecule has 0 spiro atoms. The summed E-state index contributed by atoms with van der Waals surface area (Å²) in [7, 11) is 0. The zero-order chi connectivity index (χ0) is 19.9. The molecule has 0 amide bonds. The standard InChI is InChI=1S/C20H26FN7/c1-12-11-22-8-9-28(12)19-24-17-13(6-5-7-14(17)21)18(25-19)23-16-10-15(26-27-16)20(2,3)4/h5-7,10,12,22H,8-9,11H2,1-4H3,(H2,23,24,25,26,27)/t12-/m1/s1. The van der Waals surface area contributed by atoms with Gasteiger partial charge in [-0.3, -0.25) is 5.10 Å². The summed E-state index contributed by atoms with van der Waals surface area (Å²) in [6.07, 6.45) is 0. The number of hydrogen-bond donors (Lipinski definition) is 3. The van der Waals surface area contributed by atoms with E-state index < -0.39 is 0 Å². The number of anilines is 3. The molecule has 3 heterocycles. The number of rotatable bonds is 3. The van der Waals surface area contributed by atoms with E-state index >= 15 is 0 Å². The first-order chi connectivity index (χ1) is 13.3. The van der Waals surface area contributed by atoms with E-state index in [9.17, 15) is 4.39 Å². The van der Waals surface area contributed by atoms with Gasteiger partial charge in [-0.05, 0) is 19.1 Å². The second-order valence-electron chi connectivity index (χ2n) is 8.30. The van der Waals surface area contributed by atoms with Crippen molar-refractivity contribution in [2.75, 3.05) is 29.9 Å². The van der Waals surface area contributed by atoms with Gasteiger partial charge in [0.1, 0.15) is 17.2 Å². The van der Waals surface area contributed by atoms with Crippen molar-refractivity contribution < 1.29 is 4.39 Å². The van der Waals surface area contributed by atoms with E-state index in [1.165, 1.54) is 6.07 Å². The SMILES string of the molecule is C[C@@H]1CNCCN1c1nc(Nc2cc(C(C)(C)C)[nH]n2)c2cccc(F)c2n1. The van der Waals surface area contributed by atoms with Gasteiger partial charge in [-0.25, -0.2) is 9.37 Å². The minimum atomic E-state index is -0.357. The highest BCUT2D eigenvalue weighted by Crippen LogP contribution is 2.29. The fourth-order valence-corrected chi connectivity index (χ4v) is 3.36. The molecular weight excluding hydrogens is 357 g/mol. The number of piperazine rings is 1. The second kappa shape index (κ2) is 7.01. The maximum atomic E-state index is 14.5. The van der Waals surface area contributed by atoms with E-state index in [2.05, 4.69) is 58.4 Å². The van der Waals surface area contributed by atoms with Crippen LogP contribution in [0.4, 0.5) is 22.0 Å². The summed E-state index contributed by atoms with van der Waals surface area (Å²) in [6.45, 7) is 10.9. The summed E-state index contributed by atoms with van der Waals surface area (Å²) in [5.41, 5.74) is 1.27. The minimum absolute atomic E-state index is 0.0474. The number of hydrogen-bond acceptors (Lipinski definition) is 6. The number of aromatic amines is 1. The van der Waals surface area contributed by atoms with Crippen LogP contribution in [0.5, 0.6) is 0 Å². The average Bonchev–Trinajstić information content (AvgIpc) is 3.12. The maximum Gasteiger partial charge on any atom is 0.228 e. The lowest BCUT2D eigenvalue weighted by atomic mass is 9.92. The molecule has 0 unspecified atom stereocenters. The number of fused-ring (bicyclic) bond motifs is 1. The van der Waals surface area contributed by atoms with Crippen LogP contribution in [-0.4, -0.2) is 45.8 Å². The molecule has 7 nitrogen and oxygen atoms in total. The van der Waals surface area contributed by atoms with Crippen molar-refractivity contribution >= 4 is 28.5 Å². The Morgan fingerprint density at radius 1 is 1.25 bits per heavy atom. The van der Waals surface area contributed by atoms with Gasteiger partial charge in [0.2, 0.25) is 5.95 Å². The molecule has 0 aliphatic carbocycles. The van der Waals surface area contributed by atoms with Crippen molar-refractivity contribution in [3.63, 3.8) is 0 Å². The van der Waals surface area contributed by atoms with E-state index in [-0.39, 0.29) is 17.3 Å². The molecule has 1 aliphatic rings. The number of para-hydroxylation sites is 1. The van der Waals surface area contributed by atoms with Crippen LogP contribution in [0.25, 0.3) is 10.9 Å². The van der Waals surface area contributed by atoms with Gasteiger partial charge in [-0.2, -0.15) is 10.1 Å². The van der Waals surface area contributed by atoms with Crippen LogP contribution in [0.15, 0.2) is 24.3 Å². The van der Waals surface area contributed by atoms with Gasteiger partial charge in [0, 0.05) is 48.2 Å². The molecule has 1 aromatic carbocycles. The van der Waals surface area contributed by atoms with Crippen molar-refractivity contribution in [1.29, 1.82) is 0 Å². The van der Waals surface area contributed by atoms with Gasteiger partial charge in [-0.15, -0.1) is 0 Å². The van der Waals surface area contributed by atoms with Crippen molar-refractivity contribution in [2.45, 2.75) is 39.2 Å². The van der Waals surface area contributed by atoms with Crippen molar-refractivity contribution in [3.05, 3.63) is 35.8 Å². The Kier molecular flexibility index (Phi) is 4.66. The topological polar surface area (TPSA) is 81.8 Å². The van der Waals surface area contributed by atoms with Gasteiger partial charge in [0.15, 0.2) is 5.82 Å². The summed E-state index contributed by atoms with van der Waals surface area (Å²) in [5, 5.41) is 14.7. The Morgan fingerprint density at radius 3 is 2.79 bits per heavy atom. The zero-order valence-electron chi connectivity index (χ0n) is 16.7. The van der Waals surface area contributed by atoms with Crippen LogP contribution < -0.4 is 15.5 Å². The van der Waals surface area contributed by atoms with Crippen LogP contribution >= 0.6 is 0 Å². The molecule has 0 saturated carbocycles. The lowest BCUT2D eigenvalue weighted by molar-refractivity contribution is 0.493. The molecule has 0 radical (unpaired) electrons. The summed E-state index contributed by atoms with van der Waals surface area (Å²) < 4.78 is 14.5. The zero-order valence-corrected chi connectivity index (χ0v) is 16.7. The third-order valence-electron chi connectivity index (χ3n) is 5.06. The fourth-order valence-electron chi connectivity index (χ4n) is 3.36. The van der Waals surface area contributed by atoms with E-state index in [0.717, 1.165) is 25.3 Å². The first kappa shape index (κ1) is 18.6. The lowest BCUT2D eigenvalue weighted by Crippen LogP contribution is -2.50. The maximum absolute atomic E-state index is 14.5. The first-order valence-electron chi connectivity index (χ1n) is 9.59. The summed E-state index contributed by atoms with van der Waals surface area (Å²) in [4.78, 5) is 11.4. The predicted molar refractivity (Wildman–Crippen MR) is 110 cm³/mol. The third-order valence-corrected chi connectivity index (χ3v) is 5.06. The van der Waals surface area contributed by atoms with E-state index in [1.807, 2.05) is 12.1 Å². The fraction of sp³-hybridized carbons (Fsp3) is 0.450. The molecule has 1 fully saturated rings. The molecule has 4 rings (SSSR count). The van der Waals surface area contributed by atoms with E-state index in [1.54, 1.807) is 6.07 Å². The molecule has 28 heavy (non-hydrogen) atoms. The lowest BCUT2D eigenvalue weighted by Gasteiger charge is -2.34. The van der Waals surface area contributed by atoms with Crippen molar-refractivity contribution in [2.24, 2.45) is 0 Å². The second-order valence-corrected chi connectivity index (χ2v) is 8.30. The van der Waals surface area contributed by atoms with Crippen LogP contribution in [0.3, 0.4) is 0 Å². The molecule has 3 aromatic rings. The number of H-pyrrole nitrogens is 1. The van der Waals surface area contributed by atoms with Gasteiger partial charge in [0.05, 0.1) is 0 Å². The number of nitrogens with one attached hydrogen (secondary N) is 3. The van der Waals surface area contributed by atoms with E-state index in [4.69, 9.17) is 4.98 Å². The number of halogens is 1. The largest absolute Gasteiger partial charge is 0.335 e. The third kappa shape index (κ3) is 3.52. The number of aromatic nitrogens is 4. The van der Waals surface area contributed by atoms with Crippen LogP contribution in [0.1, 0.15) is 33.4 Å². The Hall–Kier alpha value is -2.74. The number of nitrogens with zero attached hydrogens (tertiary/aromatic N) is 4. The molecule has 1 atom stereocenters. The highest BCUT2D eigenvalue weighted by Gasteiger charge is 2.23. The van der Waals surface area contributed by atoms with Gasteiger partial charge in [-0.1, -0.05) is 26.8 Å². The monoisotopic (exact) mass is 383 g/mol. The Morgan fingerprint density at radius 2 is 2.07 bits per heavy atom. The highest BCUT2D eigenvalue weighted by atomic mass is 19.1. The molecule has 2 aromatic heterocycles. The van der Waals surface area contributed by atoms with Crippen LogP contribution in [-0.2, 0) is 5.41 Å². The van der Waals surface area contributed by atoms with Crippen molar-refractivity contribution in [1.82, 2.24) is 25.5 Å². The van der Waals surface area contributed by atoms with Crippen LogP contribution in [0, 0.1) is 5.82 Å². The molecule has 1 aliphatic heterocycles.